The summed E-state index contributed by atoms with van der Waals surface area (Å²) in [4.78, 5) is 4.74. The molecule has 3 N–H and O–H groups in total. The highest BCUT2D eigenvalue weighted by molar-refractivity contribution is 5.75. The van der Waals surface area contributed by atoms with Crippen LogP contribution in [0.5, 0.6) is 0 Å². The number of para-hydroxylation sites is 2. The molecule has 0 spiro atoms. The van der Waals surface area contributed by atoms with E-state index in [0.29, 0.717) is 0 Å². The van der Waals surface area contributed by atoms with Gasteiger partial charge in [0, 0.05) is 18.5 Å². The molecule has 0 aliphatic heterocycles. The number of hydrogen-bond acceptors (Lipinski definition) is 4. The molecule has 5 heteroatoms. The van der Waals surface area contributed by atoms with Crippen LogP contribution >= 0.6 is 0 Å². The first-order valence-electron chi connectivity index (χ1n) is 7.18. The largest absolute Gasteiger partial charge is 0.469 e. The van der Waals surface area contributed by atoms with E-state index in [1.807, 2.05) is 31.2 Å². The van der Waals surface area contributed by atoms with E-state index in [4.69, 9.17) is 15.2 Å². The number of nitrogens with one attached hydrogen (secondary N) is 1. The van der Waals surface area contributed by atoms with Gasteiger partial charge in [0.15, 0.2) is 0 Å². The first-order chi connectivity index (χ1) is 10.2. The molecule has 3 aromatic rings. The lowest BCUT2D eigenvalue weighted by Gasteiger charge is -2.14. The van der Waals surface area contributed by atoms with Gasteiger partial charge in [-0.2, -0.15) is 0 Å². The minimum Gasteiger partial charge on any atom is -0.469 e. The molecule has 110 valence electrons. The second-order valence-corrected chi connectivity index (χ2v) is 5.18. The molecule has 1 unspecified atom stereocenters. The third kappa shape index (κ3) is 2.57. The molecule has 3 rings (SSSR count). The number of nitrogens with zero attached hydrogens (tertiary/aromatic N) is 2. The minimum absolute atomic E-state index is 0.00966. The lowest BCUT2D eigenvalue weighted by Crippen LogP contribution is -2.30. The number of benzene rings is 1. The Labute approximate surface area is 123 Å². The van der Waals surface area contributed by atoms with Crippen molar-refractivity contribution in [3.05, 3.63) is 53.7 Å². The SMILES string of the molecule is CCn1c(CC(NN)c2coc(C)c2)nc2ccccc21. The number of nitrogens with two attached hydrogens (primary N) is 1. The number of aryl methyl sites for hydroxylation is 2. The number of furan rings is 1. The predicted octanol–water partition coefficient (Wildman–Crippen LogP) is 2.70. The number of imidazole rings is 1. The molecule has 0 aliphatic rings. The Hall–Kier alpha value is -2.11. The molecule has 5 nitrogen and oxygen atoms in total. The average molecular weight is 284 g/mol. The van der Waals surface area contributed by atoms with E-state index in [-0.39, 0.29) is 6.04 Å². The van der Waals surface area contributed by atoms with Crippen LogP contribution in [0.3, 0.4) is 0 Å². The van der Waals surface area contributed by atoms with E-state index in [1.165, 1.54) is 0 Å². The molecule has 1 aromatic carbocycles. The van der Waals surface area contributed by atoms with Crippen LogP contribution in [0.15, 0.2) is 41.0 Å². The maximum atomic E-state index is 5.72. The summed E-state index contributed by atoms with van der Waals surface area (Å²) in [6.07, 6.45) is 2.47. The molecule has 0 fully saturated rings. The van der Waals surface area contributed by atoms with Crippen LogP contribution in [0.1, 0.15) is 30.1 Å². The van der Waals surface area contributed by atoms with Gasteiger partial charge in [0.05, 0.1) is 23.3 Å². The first-order valence-corrected chi connectivity index (χ1v) is 7.18. The zero-order valence-electron chi connectivity index (χ0n) is 12.3. The standard InChI is InChI=1S/C16H20N4O/c1-3-20-15-7-5-4-6-13(15)18-16(20)9-14(19-17)12-8-11(2)21-10-12/h4-8,10,14,19H,3,9,17H2,1-2H3. The summed E-state index contributed by atoms with van der Waals surface area (Å²) in [6, 6.07) is 10.2. The van der Waals surface area contributed by atoms with Gasteiger partial charge < -0.3 is 8.98 Å². The molecule has 0 amide bonds. The van der Waals surface area contributed by atoms with Crippen molar-refractivity contribution in [2.75, 3.05) is 0 Å². The number of hydrogen-bond donors (Lipinski definition) is 2. The second kappa shape index (κ2) is 5.71. The molecule has 0 saturated carbocycles. The summed E-state index contributed by atoms with van der Waals surface area (Å²) in [5, 5.41) is 0. The lowest BCUT2D eigenvalue weighted by molar-refractivity contribution is 0.501. The summed E-state index contributed by atoms with van der Waals surface area (Å²) >= 11 is 0. The van der Waals surface area contributed by atoms with Gasteiger partial charge in [-0.25, -0.2) is 4.98 Å². The van der Waals surface area contributed by atoms with E-state index in [1.54, 1.807) is 6.26 Å². The third-order valence-electron chi connectivity index (χ3n) is 3.79. The Kier molecular flexibility index (Phi) is 3.77. The van der Waals surface area contributed by atoms with Gasteiger partial charge in [-0.15, -0.1) is 0 Å². The third-order valence-corrected chi connectivity index (χ3v) is 3.79. The molecule has 0 bridgehead atoms. The monoisotopic (exact) mass is 284 g/mol. The van der Waals surface area contributed by atoms with Crippen molar-refractivity contribution in [2.24, 2.45) is 5.84 Å². The van der Waals surface area contributed by atoms with Crippen molar-refractivity contribution in [1.82, 2.24) is 15.0 Å². The van der Waals surface area contributed by atoms with Crippen molar-refractivity contribution in [2.45, 2.75) is 32.9 Å². The van der Waals surface area contributed by atoms with Gasteiger partial charge in [0.25, 0.3) is 0 Å². The topological polar surface area (TPSA) is 69.0 Å². The smallest absolute Gasteiger partial charge is 0.111 e. The fourth-order valence-electron chi connectivity index (χ4n) is 2.74. The van der Waals surface area contributed by atoms with Gasteiger partial charge in [0.2, 0.25) is 0 Å². The van der Waals surface area contributed by atoms with Gasteiger partial charge in [-0.3, -0.25) is 11.3 Å². The number of hydrazine groups is 1. The Bertz CT molecular complexity index is 744. The van der Waals surface area contributed by atoms with Crippen molar-refractivity contribution in [3.8, 4) is 0 Å². The highest BCUT2D eigenvalue weighted by atomic mass is 16.3. The van der Waals surface area contributed by atoms with Crippen molar-refractivity contribution in [3.63, 3.8) is 0 Å². The van der Waals surface area contributed by atoms with Gasteiger partial charge in [0.1, 0.15) is 11.6 Å². The Morgan fingerprint density at radius 3 is 2.86 bits per heavy atom. The van der Waals surface area contributed by atoms with Crippen molar-refractivity contribution in [1.29, 1.82) is 0 Å². The highest BCUT2D eigenvalue weighted by Crippen LogP contribution is 2.23. The lowest BCUT2D eigenvalue weighted by atomic mass is 10.1. The summed E-state index contributed by atoms with van der Waals surface area (Å²) < 4.78 is 7.61. The van der Waals surface area contributed by atoms with E-state index in [9.17, 15) is 0 Å². The first kappa shape index (κ1) is 13.9. The van der Waals surface area contributed by atoms with Crippen molar-refractivity contribution < 1.29 is 4.42 Å². The predicted molar refractivity (Wildman–Crippen MR) is 82.6 cm³/mol. The zero-order valence-corrected chi connectivity index (χ0v) is 12.3. The van der Waals surface area contributed by atoms with Crippen LogP contribution in [0, 0.1) is 6.92 Å². The number of aromatic nitrogens is 2. The van der Waals surface area contributed by atoms with E-state index >= 15 is 0 Å². The van der Waals surface area contributed by atoms with E-state index in [2.05, 4.69) is 23.0 Å². The summed E-state index contributed by atoms with van der Waals surface area (Å²) in [5.74, 6) is 7.63. The molecular weight excluding hydrogens is 264 g/mol. The Morgan fingerprint density at radius 1 is 1.38 bits per heavy atom. The molecule has 1 atom stereocenters. The molecule has 21 heavy (non-hydrogen) atoms. The fourth-order valence-corrected chi connectivity index (χ4v) is 2.74. The maximum absolute atomic E-state index is 5.72. The number of rotatable bonds is 5. The van der Waals surface area contributed by atoms with Crippen LogP contribution in [-0.4, -0.2) is 9.55 Å². The van der Waals surface area contributed by atoms with Gasteiger partial charge in [-0.1, -0.05) is 12.1 Å². The second-order valence-electron chi connectivity index (χ2n) is 5.18. The van der Waals surface area contributed by atoms with E-state index in [0.717, 1.165) is 41.1 Å². The van der Waals surface area contributed by atoms with Crippen LogP contribution in [-0.2, 0) is 13.0 Å². The molecule has 2 aromatic heterocycles. The molecule has 0 saturated heterocycles. The van der Waals surface area contributed by atoms with Crippen LogP contribution in [0.4, 0.5) is 0 Å². The normalized spacial score (nSPS) is 12.9. The van der Waals surface area contributed by atoms with Crippen LogP contribution in [0.25, 0.3) is 11.0 Å². The average Bonchev–Trinajstić information content (AvgIpc) is 3.07. The van der Waals surface area contributed by atoms with E-state index < -0.39 is 0 Å². The Morgan fingerprint density at radius 2 is 2.19 bits per heavy atom. The van der Waals surface area contributed by atoms with Crippen molar-refractivity contribution >= 4 is 11.0 Å². The Balaban J connectivity index is 1.96. The molecule has 0 aliphatic carbocycles. The zero-order chi connectivity index (χ0) is 14.8. The summed E-state index contributed by atoms with van der Waals surface area (Å²) in [5.41, 5.74) is 6.09. The van der Waals surface area contributed by atoms with Gasteiger partial charge >= 0.3 is 0 Å². The summed E-state index contributed by atoms with van der Waals surface area (Å²) in [6.45, 7) is 4.94. The van der Waals surface area contributed by atoms with Crippen LogP contribution < -0.4 is 11.3 Å². The number of fused-ring (bicyclic) bond motifs is 1. The molecular formula is C16H20N4O. The quantitative estimate of drug-likeness (QED) is 0.558. The van der Waals surface area contributed by atoms with Crippen LogP contribution in [0.2, 0.25) is 0 Å². The minimum atomic E-state index is -0.00966. The van der Waals surface area contributed by atoms with Gasteiger partial charge in [-0.05, 0) is 32.0 Å². The molecule has 2 heterocycles. The molecule has 0 radical (unpaired) electrons. The summed E-state index contributed by atoms with van der Waals surface area (Å²) in [7, 11) is 0. The fraction of sp³-hybridized carbons (Fsp3) is 0.312. The highest BCUT2D eigenvalue weighted by Gasteiger charge is 2.17. The maximum Gasteiger partial charge on any atom is 0.111 e.